The third-order valence-electron chi connectivity index (χ3n) is 2.53. The largest absolute Gasteiger partial charge is 0.460 e. The van der Waals surface area contributed by atoms with Gasteiger partial charge in [0, 0.05) is 25.1 Å². The Labute approximate surface area is 88.8 Å². The Morgan fingerprint density at radius 2 is 2.47 bits per heavy atom. The molecule has 1 aliphatic rings. The zero-order valence-electron chi connectivity index (χ0n) is 9.08. The first-order valence-electron chi connectivity index (χ1n) is 5.18. The third-order valence-corrected chi connectivity index (χ3v) is 2.53. The lowest BCUT2D eigenvalue weighted by Gasteiger charge is -2.20. The van der Waals surface area contributed by atoms with Crippen molar-refractivity contribution in [1.82, 2.24) is 4.90 Å². The van der Waals surface area contributed by atoms with E-state index >= 15 is 0 Å². The molecule has 0 N–H and O–H groups in total. The number of carbonyl (C=O) groups excluding carboxylic acids is 1. The van der Waals surface area contributed by atoms with Gasteiger partial charge in [0.2, 0.25) is 5.76 Å². The Morgan fingerprint density at radius 3 is 3.20 bits per heavy atom. The van der Waals surface area contributed by atoms with Crippen molar-refractivity contribution in [2.24, 2.45) is 0 Å². The van der Waals surface area contributed by atoms with E-state index < -0.39 is 0 Å². The summed E-state index contributed by atoms with van der Waals surface area (Å²) in [5, 5.41) is 0. The lowest BCUT2D eigenvalue weighted by atomic mass is 10.1. The molecule has 2 heterocycles. The third kappa shape index (κ3) is 2.04. The average Bonchev–Trinajstić information content (AvgIpc) is 2.60. The first-order chi connectivity index (χ1) is 7.20. The molecular formula is C11H15NO3. The van der Waals surface area contributed by atoms with Crippen molar-refractivity contribution < 1.29 is 13.9 Å². The number of likely N-dealkylation sites (N-methyl/N-ethyl adjacent to an activating group) is 1. The molecule has 0 unspecified atom stereocenters. The SMILES string of the molecule is CCOC(=O)c1cc2c(o1)CCN(C)C2. The molecule has 0 radical (unpaired) electrons. The number of ether oxygens (including phenoxy) is 1. The van der Waals surface area contributed by atoms with Crippen LogP contribution < -0.4 is 0 Å². The van der Waals surface area contributed by atoms with Crippen LogP contribution in [0.2, 0.25) is 0 Å². The second-order valence-electron chi connectivity index (χ2n) is 3.77. The van der Waals surface area contributed by atoms with Gasteiger partial charge in [-0.2, -0.15) is 0 Å². The van der Waals surface area contributed by atoms with E-state index in [2.05, 4.69) is 11.9 Å². The molecule has 0 amide bonds. The van der Waals surface area contributed by atoms with Crippen molar-refractivity contribution in [3.05, 3.63) is 23.2 Å². The Hall–Kier alpha value is -1.29. The van der Waals surface area contributed by atoms with E-state index in [1.807, 2.05) is 0 Å². The molecule has 15 heavy (non-hydrogen) atoms. The number of furan rings is 1. The second-order valence-corrected chi connectivity index (χ2v) is 3.77. The predicted octanol–water partition coefficient (Wildman–Crippen LogP) is 1.44. The fraction of sp³-hybridized carbons (Fsp3) is 0.545. The highest BCUT2D eigenvalue weighted by Crippen LogP contribution is 2.22. The Kier molecular flexibility index (Phi) is 2.77. The zero-order chi connectivity index (χ0) is 10.8. The van der Waals surface area contributed by atoms with Gasteiger partial charge >= 0.3 is 5.97 Å². The van der Waals surface area contributed by atoms with Crippen LogP contribution in [0.5, 0.6) is 0 Å². The summed E-state index contributed by atoms with van der Waals surface area (Å²) in [5.74, 6) is 0.892. The van der Waals surface area contributed by atoms with Gasteiger partial charge in [-0.15, -0.1) is 0 Å². The van der Waals surface area contributed by atoms with Crippen molar-refractivity contribution in [2.45, 2.75) is 19.9 Å². The Bertz CT molecular complexity index is 370. The van der Waals surface area contributed by atoms with E-state index in [1.165, 1.54) is 0 Å². The first kappa shape index (κ1) is 10.2. The molecule has 4 nitrogen and oxygen atoms in total. The topological polar surface area (TPSA) is 42.7 Å². The van der Waals surface area contributed by atoms with E-state index in [9.17, 15) is 4.79 Å². The second kappa shape index (κ2) is 4.06. The molecule has 0 saturated carbocycles. The van der Waals surface area contributed by atoms with Gasteiger partial charge in [-0.25, -0.2) is 4.79 Å². The summed E-state index contributed by atoms with van der Waals surface area (Å²) in [6.07, 6.45) is 0.866. The molecule has 1 aromatic rings. The highest BCUT2D eigenvalue weighted by molar-refractivity contribution is 5.86. The minimum atomic E-state index is -0.366. The van der Waals surface area contributed by atoms with Gasteiger partial charge in [-0.3, -0.25) is 0 Å². The molecule has 0 aliphatic carbocycles. The standard InChI is InChI=1S/C11H15NO3/c1-3-14-11(13)10-6-8-7-12(2)5-4-9(8)15-10/h6H,3-5,7H2,1-2H3. The molecule has 0 fully saturated rings. The maximum Gasteiger partial charge on any atom is 0.374 e. The normalized spacial score (nSPS) is 16.1. The minimum absolute atomic E-state index is 0.331. The van der Waals surface area contributed by atoms with Gasteiger partial charge in [0.05, 0.1) is 6.61 Å². The minimum Gasteiger partial charge on any atom is -0.460 e. The molecular weight excluding hydrogens is 194 g/mol. The molecule has 2 rings (SSSR count). The van der Waals surface area contributed by atoms with E-state index in [4.69, 9.17) is 9.15 Å². The van der Waals surface area contributed by atoms with Gasteiger partial charge in [0.15, 0.2) is 0 Å². The van der Waals surface area contributed by atoms with Gasteiger partial charge in [-0.05, 0) is 20.0 Å². The predicted molar refractivity (Wildman–Crippen MR) is 54.7 cm³/mol. The van der Waals surface area contributed by atoms with Crippen LogP contribution in [0.15, 0.2) is 10.5 Å². The first-order valence-corrected chi connectivity index (χ1v) is 5.18. The summed E-state index contributed by atoms with van der Waals surface area (Å²) >= 11 is 0. The number of fused-ring (bicyclic) bond motifs is 1. The van der Waals surface area contributed by atoms with Crippen molar-refractivity contribution in [3.8, 4) is 0 Å². The Balaban J connectivity index is 2.19. The van der Waals surface area contributed by atoms with Crippen molar-refractivity contribution in [3.63, 3.8) is 0 Å². The molecule has 82 valence electrons. The fourth-order valence-corrected chi connectivity index (χ4v) is 1.78. The molecule has 4 heteroatoms. The molecule has 0 bridgehead atoms. The van der Waals surface area contributed by atoms with Crippen LogP contribution in [0.4, 0.5) is 0 Å². The lowest BCUT2D eigenvalue weighted by molar-refractivity contribution is 0.0488. The zero-order valence-corrected chi connectivity index (χ0v) is 9.08. The molecule has 1 aromatic heterocycles. The molecule has 0 aromatic carbocycles. The monoisotopic (exact) mass is 209 g/mol. The van der Waals surface area contributed by atoms with Gasteiger partial charge < -0.3 is 14.1 Å². The van der Waals surface area contributed by atoms with Crippen LogP contribution in [-0.2, 0) is 17.7 Å². The van der Waals surface area contributed by atoms with Crippen molar-refractivity contribution >= 4 is 5.97 Å². The maximum atomic E-state index is 11.4. The highest BCUT2D eigenvalue weighted by atomic mass is 16.5. The Morgan fingerprint density at radius 1 is 1.67 bits per heavy atom. The van der Waals surface area contributed by atoms with E-state index in [0.717, 1.165) is 30.8 Å². The van der Waals surface area contributed by atoms with Crippen molar-refractivity contribution in [1.29, 1.82) is 0 Å². The summed E-state index contributed by atoms with van der Waals surface area (Å²) in [6.45, 7) is 3.99. The van der Waals surface area contributed by atoms with Crippen LogP contribution in [0.1, 0.15) is 28.8 Å². The van der Waals surface area contributed by atoms with E-state index in [1.54, 1.807) is 13.0 Å². The molecule has 0 saturated heterocycles. The van der Waals surface area contributed by atoms with Gasteiger partial charge in [-0.1, -0.05) is 0 Å². The summed E-state index contributed by atoms with van der Waals surface area (Å²) < 4.78 is 10.4. The van der Waals surface area contributed by atoms with Crippen LogP contribution in [0, 0.1) is 0 Å². The van der Waals surface area contributed by atoms with E-state index in [-0.39, 0.29) is 5.97 Å². The van der Waals surface area contributed by atoms with Crippen molar-refractivity contribution in [2.75, 3.05) is 20.2 Å². The highest BCUT2D eigenvalue weighted by Gasteiger charge is 2.21. The van der Waals surface area contributed by atoms with Gasteiger partial charge in [0.1, 0.15) is 5.76 Å². The maximum absolute atomic E-state index is 11.4. The quantitative estimate of drug-likeness (QED) is 0.691. The number of rotatable bonds is 2. The number of carbonyl (C=O) groups is 1. The smallest absolute Gasteiger partial charge is 0.374 e. The summed E-state index contributed by atoms with van der Waals surface area (Å²) in [7, 11) is 2.06. The summed E-state index contributed by atoms with van der Waals surface area (Å²) in [5.41, 5.74) is 1.10. The number of esters is 1. The van der Waals surface area contributed by atoms with Crippen LogP contribution >= 0.6 is 0 Å². The summed E-state index contributed by atoms with van der Waals surface area (Å²) in [6, 6.07) is 1.79. The molecule has 0 spiro atoms. The van der Waals surface area contributed by atoms with Crippen LogP contribution in [0.3, 0.4) is 0 Å². The average molecular weight is 209 g/mol. The summed E-state index contributed by atoms with van der Waals surface area (Å²) in [4.78, 5) is 13.6. The molecule has 0 atom stereocenters. The number of hydrogen-bond donors (Lipinski definition) is 0. The van der Waals surface area contributed by atoms with Crippen LogP contribution in [0.25, 0.3) is 0 Å². The van der Waals surface area contributed by atoms with E-state index in [0.29, 0.717) is 12.4 Å². The fourth-order valence-electron chi connectivity index (χ4n) is 1.78. The number of hydrogen-bond acceptors (Lipinski definition) is 4. The molecule has 1 aliphatic heterocycles. The van der Waals surface area contributed by atoms with Gasteiger partial charge in [0.25, 0.3) is 0 Å². The number of nitrogens with zero attached hydrogens (tertiary/aromatic N) is 1. The lowest BCUT2D eigenvalue weighted by Crippen LogP contribution is -2.25. The van der Waals surface area contributed by atoms with Crippen LogP contribution in [-0.4, -0.2) is 31.1 Å².